The molecule has 1 aromatic rings. The van der Waals surface area contributed by atoms with Crippen LogP contribution in [0.4, 0.5) is 0 Å². The maximum atomic E-state index is 8.93. The van der Waals surface area contributed by atoms with Crippen molar-refractivity contribution in [3.05, 3.63) is 47.5 Å². The molecule has 0 saturated carbocycles. The summed E-state index contributed by atoms with van der Waals surface area (Å²) < 4.78 is 0. The zero-order chi connectivity index (χ0) is 9.68. The van der Waals surface area contributed by atoms with E-state index in [1.807, 2.05) is 37.3 Å². The van der Waals surface area contributed by atoms with Crippen molar-refractivity contribution in [2.45, 2.75) is 13.5 Å². The minimum Gasteiger partial charge on any atom is -0.392 e. The van der Waals surface area contributed by atoms with Gasteiger partial charge in [0.25, 0.3) is 0 Å². The average molecular weight is 174 g/mol. The second-order valence-corrected chi connectivity index (χ2v) is 2.83. The Balaban J connectivity index is 3.15. The van der Waals surface area contributed by atoms with Gasteiger partial charge in [0.15, 0.2) is 0 Å². The van der Waals surface area contributed by atoms with Crippen LogP contribution in [-0.2, 0) is 6.61 Å². The summed E-state index contributed by atoms with van der Waals surface area (Å²) in [6.45, 7) is 5.79. The fourth-order valence-corrected chi connectivity index (χ4v) is 1.23. The van der Waals surface area contributed by atoms with E-state index in [4.69, 9.17) is 5.11 Å². The van der Waals surface area contributed by atoms with Gasteiger partial charge in [-0.1, -0.05) is 36.9 Å². The van der Waals surface area contributed by atoms with Crippen molar-refractivity contribution in [3.63, 3.8) is 0 Å². The molecule has 1 N–H and O–H groups in total. The third kappa shape index (κ3) is 2.30. The van der Waals surface area contributed by atoms with Gasteiger partial charge in [0, 0.05) is 0 Å². The summed E-state index contributed by atoms with van der Waals surface area (Å²) in [6.07, 6.45) is 5.81. The van der Waals surface area contributed by atoms with Crippen LogP contribution in [0, 0.1) is 0 Å². The number of allylic oxidation sites excluding steroid dienone is 1. The molecule has 1 nitrogen and oxygen atoms in total. The molecule has 0 atom stereocenters. The van der Waals surface area contributed by atoms with Crippen LogP contribution in [-0.4, -0.2) is 5.11 Å². The number of hydrogen-bond donors (Lipinski definition) is 1. The van der Waals surface area contributed by atoms with Gasteiger partial charge in [-0.15, -0.1) is 0 Å². The summed E-state index contributed by atoms with van der Waals surface area (Å²) in [6, 6.07) is 5.85. The molecule has 13 heavy (non-hydrogen) atoms. The number of aliphatic hydroxyl groups is 1. The Morgan fingerprint density at radius 1 is 1.38 bits per heavy atom. The van der Waals surface area contributed by atoms with E-state index >= 15 is 0 Å². The van der Waals surface area contributed by atoms with E-state index in [2.05, 4.69) is 6.58 Å². The maximum Gasteiger partial charge on any atom is 0.0682 e. The second-order valence-electron chi connectivity index (χ2n) is 2.83. The lowest BCUT2D eigenvalue weighted by Crippen LogP contribution is -1.86. The van der Waals surface area contributed by atoms with Crippen molar-refractivity contribution >= 4 is 12.2 Å². The van der Waals surface area contributed by atoms with Crippen LogP contribution in [0.5, 0.6) is 0 Å². The number of hydrogen-bond acceptors (Lipinski definition) is 1. The SMILES string of the molecule is C=Cc1cc(CO)ccc1/C=C/C. The van der Waals surface area contributed by atoms with E-state index in [0.717, 1.165) is 16.7 Å². The minimum atomic E-state index is 0.0803. The van der Waals surface area contributed by atoms with Gasteiger partial charge in [-0.25, -0.2) is 0 Å². The van der Waals surface area contributed by atoms with Gasteiger partial charge in [-0.2, -0.15) is 0 Å². The van der Waals surface area contributed by atoms with E-state index in [1.165, 1.54) is 0 Å². The molecule has 1 aromatic carbocycles. The lowest BCUT2D eigenvalue weighted by atomic mass is 10.0. The third-order valence-electron chi connectivity index (χ3n) is 1.90. The Bertz CT molecular complexity index is 324. The Labute approximate surface area is 79.0 Å². The lowest BCUT2D eigenvalue weighted by molar-refractivity contribution is 0.282. The molecular formula is C12H14O. The summed E-state index contributed by atoms with van der Waals surface area (Å²) in [5.41, 5.74) is 3.11. The molecule has 0 fully saturated rings. The molecule has 1 rings (SSSR count). The fourth-order valence-electron chi connectivity index (χ4n) is 1.23. The van der Waals surface area contributed by atoms with Gasteiger partial charge >= 0.3 is 0 Å². The Morgan fingerprint density at radius 3 is 2.69 bits per heavy atom. The van der Waals surface area contributed by atoms with Crippen molar-refractivity contribution < 1.29 is 5.11 Å². The molecule has 0 aliphatic carbocycles. The van der Waals surface area contributed by atoms with Crippen LogP contribution in [0.2, 0.25) is 0 Å². The fraction of sp³-hybridized carbons (Fsp3) is 0.167. The van der Waals surface area contributed by atoms with Crippen molar-refractivity contribution in [2.75, 3.05) is 0 Å². The number of benzene rings is 1. The lowest BCUT2D eigenvalue weighted by Gasteiger charge is -2.03. The molecular weight excluding hydrogens is 160 g/mol. The monoisotopic (exact) mass is 174 g/mol. The molecule has 0 saturated heterocycles. The van der Waals surface area contributed by atoms with Gasteiger partial charge in [0.2, 0.25) is 0 Å². The van der Waals surface area contributed by atoms with E-state index in [1.54, 1.807) is 6.08 Å². The van der Waals surface area contributed by atoms with Crippen molar-refractivity contribution in [3.8, 4) is 0 Å². The van der Waals surface area contributed by atoms with Gasteiger partial charge in [0.05, 0.1) is 6.61 Å². The molecule has 0 radical (unpaired) electrons. The van der Waals surface area contributed by atoms with Crippen LogP contribution in [0.3, 0.4) is 0 Å². The van der Waals surface area contributed by atoms with Crippen LogP contribution >= 0.6 is 0 Å². The normalized spacial score (nSPS) is 10.6. The van der Waals surface area contributed by atoms with E-state index < -0.39 is 0 Å². The number of aliphatic hydroxyl groups excluding tert-OH is 1. The molecule has 68 valence electrons. The van der Waals surface area contributed by atoms with Gasteiger partial charge in [-0.3, -0.25) is 0 Å². The Morgan fingerprint density at radius 2 is 2.15 bits per heavy atom. The highest BCUT2D eigenvalue weighted by atomic mass is 16.3. The first-order chi connectivity index (χ1) is 6.31. The van der Waals surface area contributed by atoms with Crippen LogP contribution in [0.15, 0.2) is 30.9 Å². The predicted octanol–water partition coefficient (Wildman–Crippen LogP) is 2.86. The predicted molar refractivity (Wildman–Crippen MR) is 57.2 cm³/mol. The average Bonchev–Trinajstić information content (AvgIpc) is 2.19. The van der Waals surface area contributed by atoms with Crippen molar-refractivity contribution in [1.29, 1.82) is 0 Å². The highest BCUT2D eigenvalue weighted by Gasteiger charge is 1.96. The summed E-state index contributed by atoms with van der Waals surface area (Å²) in [5, 5.41) is 8.93. The van der Waals surface area contributed by atoms with E-state index in [0.29, 0.717) is 0 Å². The van der Waals surface area contributed by atoms with Crippen molar-refractivity contribution in [2.24, 2.45) is 0 Å². The second kappa shape index (κ2) is 4.63. The maximum absolute atomic E-state index is 8.93. The largest absolute Gasteiger partial charge is 0.392 e. The summed E-state index contributed by atoms with van der Waals surface area (Å²) in [7, 11) is 0. The zero-order valence-corrected chi connectivity index (χ0v) is 7.83. The zero-order valence-electron chi connectivity index (χ0n) is 7.83. The Hall–Kier alpha value is -1.34. The quantitative estimate of drug-likeness (QED) is 0.747. The molecule has 0 heterocycles. The van der Waals surface area contributed by atoms with Gasteiger partial charge in [-0.05, 0) is 29.7 Å². The first-order valence-corrected chi connectivity index (χ1v) is 4.30. The van der Waals surface area contributed by atoms with Crippen LogP contribution in [0.25, 0.3) is 12.2 Å². The molecule has 0 aromatic heterocycles. The van der Waals surface area contributed by atoms with Gasteiger partial charge < -0.3 is 5.11 Å². The van der Waals surface area contributed by atoms with E-state index in [-0.39, 0.29) is 6.61 Å². The number of rotatable bonds is 3. The molecule has 0 amide bonds. The standard InChI is InChI=1S/C12H14O/c1-3-5-12-7-6-10(9-13)8-11(12)4-2/h3-8,13H,2,9H2,1H3/b5-3+. The summed E-state index contributed by atoms with van der Waals surface area (Å²) >= 11 is 0. The summed E-state index contributed by atoms with van der Waals surface area (Å²) in [5.74, 6) is 0. The van der Waals surface area contributed by atoms with Crippen molar-refractivity contribution in [1.82, 2.24) is 0 Å². The minimum absolute atomic E-state index is 0.0803. The smallest absolute Gasteiger partial charge is 0.0682 e. The molecule has 0 aliphatic heterocycles. The topological polar surface area (TPSA) is 20.2 Å². The summed E-state index contributed by atoms with van der Waals surface area (Å²) in [4.78, 5) is 0. The molecule has 0 spiro atoms. The van der Waals surface area contributed by atoms with Gasteiger partial charge in [0.1, 0.15) is 0 Å². The third-order valence-corrected chi connectivity index (χ3v) is 1.90. The Kier molecular flexibility index (Phi) is 3.47. The first kappa shape index (κ1) is 9.75. The highest BCUT2D eigenvalue weighted by molar-refractivity contribution is 5.64. The molecule has 0 bridgehead atoms. The first-order valence-electron chi connectivity index (χ1n) is 4.30. The van der Waals surface area contributed by atoms with Crippen LogP contribution < -0.4 is 0 Å². The van der Waals surface area contributed by atoms with E-state index in [9.17, 15) is 0 Å². The molecule has 0 aliphatic rings. The molecule has 0 unspecified atom stereocenters. The highest BCUT2D eigenvalue weighted by Crippen LogP contribution is 2.15. The van der Waals surface area contributed by atoms with Crippen LogP contribution in [0.1, 0.15) is 23.6 Å². The molecule has 1 heteroatoms.